The van der Waals surface area contributed by atoms with Gasteiger partial charge in [-0.05, 0) is 24.3 Å². The first kappa shape index (κ1) is 12.9. The van der Waals surface area contributed by atoms with E-state index in [2.05, 4.69) is 13.2 Å². The van der Waals surface area contributed by atoms with Gasteiger partial charge in [0, 0.05) is 11.8 Å². The predicted molar refractivity (Wildman–Crippen MR) is 69.0 cm³/mol. The molecule has 4 heteroatoms. The molecular formula is C15H20O4. The van der Waals surface area contributed by atoms with Crippen molar-refractivity contribution in [1.29, 1.82) is 0 Å². The van der Waals surface area contributed by atoms with E-state index in [0.717, 1.165) is 11.1 Å². The number of hydrogen-bond donors (Lipinski definition) is 2. The Balaban J connectivity index is 2.03. The van der Waals surface area contributed by atoms with E-state index in [-0.39, 0.29) is 35.7 Å². The first-order valence-electron chi connectivity index (χ1n) is 6.84. The zero-order valence-corrected chi connectivity index (χ0v) is 11.1. The summed E-state index contributed by atoms with van der Waals surface area (Å²) in [5.41, 5.74) is 1.66. The monoisotopic (exact) mass is 264 g/mol. The van der Waals surface area contributed by atoms with Crippen LogP contribution in [0.1, 0.15) is 19.8 Å². The first-order valence-corrected chi connectivity index (χ1v) is 6.84. The van der Waals surface area contributed by atoms with Gasteiger partial charge in [0.1, 0.15) is 6.10 Å². The summed E-state index contributed by atoms with van der Waals surface area (Å²) < 4.78 is 5.50. The Morgan fingerprint density at radius 3 is 2.68 bits per heavy atom. The minimum Gasteiger partial charge on any atom is -0.461 e. The first-order chi connectivity index (χ1) is 8.91. The minimum atomic E-state index is -0.602. The Bertz CT molecular complexity index is 455. The lowest BCUT2D eigenvalue weighted by Crippen LogP contribution is -2.35. The van der Waals surface area contributed by atoms with Crippen molar-refractivity contribution in [2.75, 3.05) is 0 Å². The molecule has 0 unspecified atom stereocenters. The molecule has 1 aliphatic heterocycles. The van der Waals surface area contributed by atoms with Crippen LogP contribution in [0.5, 0.6) is 0 Å². The van der Waals surface area contributed by atoms with E-state index in [1.807, 2.05) is 0 Å². The minimum absolute atomic E-state index is 0.0604. The van der Waals surface area contributed by atoms with Crippen LogP contribution in [0.3, 0.4) is 0 Å². The Kier molecular flexibility index (Phi) is 2.84. The van der Waals surface area contributed by atoms with Gasteiger partial charge in [0.25, 0.3) is 0 Å². The summed E-state index contributed by atoms with van der Waals surface area (Å²) in [7, 11) is 0. The number of aliphatic hydroxyl groups is 2. The Morgan fingerprint density at radius 2 is 2.00 bits per heavy atom. The van der Waals surface area contributed by atoms with Crippen molar-refractivity contribution in [3.63, 3.8) is 0 Å². The van der Waals surface area contributed by atoms with Crippen LogP contribution in [0.15, 0.2) is 24.3 Å². The third-order valence-corrected chi connectivity index (χ3v) is 5.14. The summed E-state index contributed by atoms with van der Waals surface area (Å²) in [6, 6.07) is 0. The van der Waals surface area contributed by atoms with E-state index in [1.54, 1.807) is 6.92 Å². The van der Waals surface area contributed by atoms with Crippen LogP contribution in [-0.4, -0.2) is 34.5 Å². The van der Waals surface area contributed by atoms with Crippen LogP contribution in [0.4, 0.5) is 0 Å². The van der Waals surface area contributed by atoms with Gasteiger partial charge < -0.3 is 14.9 Å². The quantitative estimate of drug-likeness (QED) is 0.507. The Hall–Kier alpha value is -1.13. The second kappa shape index (κ2) is 4.18. The van der Waals surface area contributed by atoms with Crippen LogP contribution >= 0.6 is 0 Å². The third kappa shape index (κ3) is 1.70. The third-order valence-electron chi connectivity index (χ3n) is 5.14. The molecule has 0 radical (unpaired) electrons. The number of carbonyl (C=O) groups is 1. The molecule has 3 aliphatic rings. The van der Waals surface area contributed by atoms with E-state index in [4.69, 9.17) is 4.74 Å². The highest BCUT2D eigenvalue weighted by atomic mass is 16.6. The van der Waals surface area contributed by atoms with Gasteiger partial charge in [-0.2, -0.15) is 0 Å². The molecule has 4 nitrogen and oxygen atoms in total. The number of hydrogen-bond acceptors (Lipinski definition) is 4. The molecule has 0 aromatic rings. The van der Waals surface area contributed by atoms with E-state index in [9.17, 15) is 15.0 Å². The fraction of sp³-hybridized carbons (Fsp3) is 0.667. The van der Waals surface area contributed by atoms with Gasteiger partial charge in [-0.3, -0.25) is 4.79 Å². The van der Waals surface area contributed by atoms with Crippen molar-refractivity contribution in [3.05, 3.63) is 24.3 Å². The molecule has 104 valence electrons. The van der Waals surface area contributed by atoms with Gasteiger partial charge in [-0.1, -0.05) is 25.7 Å². The number of aliphatic hydroxyl groups excluding tert-OH is 2. The zero-order valence-electron chi connectivity index (χ0n) is 11.1. The van der Waals surface area contributed by atoms with Crippen molar-refractivity contribution >= 4 is 5.97 Å². The highest BCUT2D eigenvalue weighted by Gasteiger charge is 2.56. The maximum absolute atomic E-state index is 11.8. The number of carbonyl (C=O) groups excluding carboxylic acids is 1. The summed E-state index contributed by atoms with van der Waals surface area (Å²) in [5.74, 6) is -0.823. The molecule has 7 atom stereocenters. The van der Waals surface area contributed by atoms with Crippen LogP contribution in [0, 0.1) is 23.7 Å². The Morgan fingerprint density at radius 1 is 1.32 bits per heavy atom. The molecule has 1 heterocycles. The molecule has 0 aromatic carbocycles. The molecule has 3 rings (SSSR count). The van der Waals surface area contributed by atoms with Crippen molar-refractivity contribution in [1.82, 2.24) is 0 Å². The molecule has 2 N–H and O–H groups in total. The normalized spacial score (nSPS) is 49.6. The number of rotatable bonds is 0. The van der Waals surface area contributed by atoms with E-state index in [1.165, 1.54) is 0 Å². The average molecular weight is 264 g/mol. The predicted octanol–water partition coefficient (Wildman–Crippen LogP) is 1.04. The van der Waals surface area contributed by atoms with Crippen LogP contribution in [0.2, 0.25) is 0 Å². The van der Waals surface area contributed by atoms with Crippen molar-refractivity contribution in [2.24, 2.45) is 23.7 Å². The van der Waals surface area contributed by atoms with E-state index >= 15 is 0 Å². The van der Waals surface area contributed by atoms with Gasteiger partial charge in [0.2, 0.25) is 0 Å². The number of fused-ring (bicyclic) bond motifs is 3. The smallest absolute Gasteiger partial charge is 0.309 e. The topological polar surface area (TPSA) is 66.8 Å². The lowest BCUT2D eigenvalue weighted by molar-refractivity contribution is -0.145. The second-order valence-electron chi connectivity index (χ2n) is 6.16. The van der Waals surface area contributed by atoms with Crippen LogP contribution in [-0.2, 0) is 9.53 Å². The van der Waals surface area contributed by atoms with Crippen LogP contribution in [0.25, 0.3) is 0 Å². The van der Waals surface area contributed by atoms with Crippen LogP contribution < -0.4 is 0 Å². The average Bonchev–Trinajstić information content (AvgIpc) is 2.75. The lowest BCUT2D eigenvalue weighted by Gasteiger charge is -2.27. The van der Waals surface area contributed by atoms with Gasteiger partial charge in [0.15, 0.2) is 0 Å². The summed E-state index contributed by atoms with van der Waals surface area (Å²) in [6.45, 7) is 9.82. The number of ether oxygens (including phenoxy) is 1. The van der Waals surface area contributed by atoms with Gasteiger partial charge in [0.05, 0.1) is 18.1 Å². The largest absolute Gasteiger partial charge is 0.461 e. The van der Waals surface area contributed by atoms with Gasteiger partial charge in [-0.25, -0.2) is 0 Å². The fourth-order valence-electron chi connectivity index (χ4n) is 4.06. The van der Waals surface area contributed by atoms with Gasteiger partial charge >= 0.3 is 5.97 Å². The SMILES string of the molecule is C=C1[C@@H]2[C@H]3OC(=O)[C@H](C)[C@@H]3[C@@H](O)CC(=C)[C@@H]2C[C@@H]1O. The summed E-state index contributed by atoms with van der Waals surface area (Å²) in [4.78, 5) is 11.8. The standard InChI is InChI=1S/C15H20O4/c1-6-4-11(17)13-8(3)15(18)19-14(13)12-7(2)10(16)5-9(6)12/h8-14,16-17H,1-2,4-5H2,3H3/t8-,9+,10+,11+,12+,13-,14-/m1/s1. The molecule has 2 aliphatic carbocycles. The molecule has 3 fully saturated rings. The molecule has 2 saturated carbocycles. The molecule has 19 heavy (non-hydrogen) atoms. The van der Waals surface area contributed by atoms with Crippen molar-refractivity contribution in [3.8, 4) is 0 Å². The molecule has 0 bridgehead atoms. The van der Waals surface area contributed by atoms with E-state index in [0.29, 0.717) is 12.8 Å². The molecule has 1 saturated heterocycles. The highest BCUT2D eigenvalue weighted by Crippen LogP contribution is 2.52. The fourth-order valence-corrected chi connectivity index (χ4v) is 4.06. The maximum Gasteiger partial charge on any atom is 0.309 e. The van der Waals surface area contributed by atoms with Crippen molar-refractivity contribution in [2.45, 2.75) is 38.1 Å². The molecular weight excluding hydrogens is 244 g/mol. The Labute approximate surface area is 112 Å². The molecule has 0 spiro atoms. The summed E-state index contributed by atoms with van der Waals surface area (Å²) in [5, 5.41) is 20.4. The van der Waals surface area contributed by atoms with Gasteiger partial charge in [-0.15, -0.1) is 0 Å². The lowest BCUT2D eigenvalue weighted by atomic mass is 9.79. The summed E-state index contributed by atoms with van der Waals surface area (Å²) in [6.07, 6.45) is -0.480. The second-order valence-corrected chi connectivity index (χ2v) is 6.16. The number of esters is 1. The summed E-state index contributed by atoms with van der Waals surface area (Å²) >= 11 is 0. The maximum atomic E-state index is 11.8. The zero-order chi connectivity index (χ0) is 13.9. The molecule has 0 aromatic heterocycles. The van der Waals surface area contributed by atoms with Crippen molar-refractivity contribution < 1.29 is 19.7 Å². The van der Waals surface area contributed by atoms with E-state index < -0.39 is 12.2 Å². The molecule has 0 amide bonds. The highest BCUT2D eigenvalue weighted by molar-refractivity contribution is 5.75.